The van der Waals surface area contributed by atoms with Crippen LogP contribution in [0.15, 0.2) is 42.6 Å². The fraction of sp³-hybridized carbons (Fsp3) is 0. The second-order valence-electron chi connectivity index (χ2n) is 2.95. The highest BCUT2D eigenvalue weighted by molar-refractivity contribution is 5.97. The minimum absolute atomic E-state index is 0. The van der Waals surface area contributed by atoms with Gasteiger partial charge in [0.05, 0.1) is 11.9 Å². The molecule has 0 atom stereocenters. The van der Waals surface area contributed by atoms with Gasteiger partial charge in [-0.25, -0.2) is 9.69 Å². The molecule has 16 heavy (non-hydrogen) atoms. The van der Waals surface area contributed by atoms with Gasteiger partial charge in [0.1, 0.15) is 5.82 Å². The highest BCUT2D eigenvalue weighted by Crippen LogP contribution is 2.21. The molecule has 0 spiro atoms. The normalized spacial score (nSPS) is 9.25. The fourth-order valence-corrected chi connectivity index (χ4v) is 1.34. The minimum Gasteiger partial charge on any atom is -0.351 e. The van der Waals surface area contributed by atoms with E-state index in [9.17, 15) is 4.79 Å². The second-order valence-corrected chi connectivity index (χ2v) is 2.95. The van der Waals surface area contributed by atoms with Crippen LogP contribution in [0, 0.1) is 0 Å². The molecule has 0 radical (unpaired) electrons. The Bertz CT molecular complexity index is 443. The summed E-state index contributed by atoms with van der Waals surface area (Å²) in [6, 6.07) is 10.3. The van der Waals surface area contributed by atoms with Crippen molar-refractivity contribution in [2.75, 3.05) is 4.90 Å². The first-order valence-electron chi connectivity index (χ1n) is 4.43. The van der Waals surface area contributed by atoms with Crippen molar-refractivity contribution in [1.29, 1.82) is 0 Å². The van der Waals surface area contributed by atoms with Crippen LogP contribution in [0.3, 0.4) is 0 Å². The van der Waals surface area contributed by atoms with Gasteiger partial charge < -0.3 is 5.73 Å². The van der Waals surface area contributed by atoms with Crippen molar-refractivity contribution in [3.05, 3.63) is 42.6 Å². The Morgan fingerprint density at radius 1 is 1.25 bits per heavy atom. The van der Waals surface area contributed by atoms with Crippen LogP contribution in [0.5, 0.6) is 0 Å². The Hall–Kier alpha value is -2.01. The molecule has 0 fully saturated rings. The summed E-state index contributed by atoms with van der Waals surface area (Å²) in [4.78, 5) is 12.7. The zero-order chi connectivity index (χ0) is 10.7. The highest BCUT2D eigenvalue weighted by atomic mass is 35.5. The minimum atomic E-state index is -0.551. The number of carbonyl (C=O) groups is 1. The third-order valence-electron chi connectivity index (χ3n) is 1.96. The van der Waals surface area contributed by atoms with Gasteiger partial charge in [-0.05, 0) is 12.1 Å². The maximum Gasteiger partial charge on any atom is 0.325 e. The van der Waals surface area contributed by atoms with Gasteiger partial charge in [-0.1, -0.05) is 18.2 Å². The molecule has 0 unspecified atom stereocenters. The number of hydrogen-bond acceptors (Lipinski definition) is 2. The maximum absolute atomic E-state index is 11.3. The van der Waals surface area contributed by atoms with E-state index in [0.29, 0.717) is 11.5 Å². The van der Waals surface area contributed by atoms with Crippen molar-refractivity contribution in [3.8, 4) is 0 Å². The fourth-order valence-electron chi connectivity index (χ4n) is 1.34. The molecule has 0 aliphatic rings. The lowest BCUT2D eigenvalue weighted by molar-refractivity contribution is 0.256. The van der Waals surface area contributed by atoms with E-state index in [0.717, 1.165) is 0 Å². The molecule has 0 saturated heterocycles. The number of primary amides is 1. The predicted octanol–water partition coefficient (Wildman–Crippen LogP) is 2.05. The first kappa shape index (κ1) is 12.1. The number of amides is 2. The summed E-state index contributed by atoms with van der Waals surface area (Å²) in [6.07, 6.45) is 1.56. The number of urea groups is 1. The molecule has 0 aliphatic heterocycles. The number of carbonyl (C=O) groups excluding carboxylic acids is 1. The Morgan fingerprint density at radius 3 is 2.44 bits per heavy atom. The molecule has 2 amide bonds. The van der Waals surface area contributed by atoms with E-state index in [1.165, 1.54) is 4.90 Å². The molecule has 3 N–H and O–H groups in total. The lowest BCUT2D eigenvalue weighted by Gasteiger charge is -2.17. The van der Waals surface area contributed by atoms with Crippen molar-refractivity contribution in [2.45, 2.75) is 0 Å². The van der Waals surface area contributed by atoms with Crippen LogP contribution < -0.4 is 10.6 Å². The predicted molar refractivity (Wildman–Crippen MR) is 64.0 cm³/mol. The van der Waals surface area contributed by atoms with E-state index in [1.54, 1.807) is 24.4 Å². The van der Waals surface area contributed by atoms with Crippen molar-refractivity contribution < 1.29 is 4.79 Å². The standard InChI is InChI=1S/C10H10N4O.ClH/c11-10(15)14(9-6-7-12-13-9)8-4-2-1-3-5-8;/h1-7H,(H2,11,15)(H,12,13);1H. The summed E-state index contributed by atoms with van der Waals surface area (Å²) >= 11 is 0. The zero-order valence-corrected chi connectivity index (χ0v) is 9.15. The van der Waals surface area contributed by atoms with Crippen LogP contribution in [-0.2, 0) is 0 Å². The maximum atomic E-state index is 11.3. The number of halogens is 1. The summed E-state index contributed by atoms with van der Waals surface area (Å²) in [5, 5.41) is 6.47. The molecular weight excluding hydrogens is 228 g/mol. The van der Waals surface area contributed by atoms with Crippen LogP contribution in [0.4, 0.5) is 16.3 Å². The Morgan fingerprint density at radius 2 is 1.94 bits per heavy atom. The number of hydrogen-bond donors (Lipinski definition) is 2. The van der Waals surface area contributed by atoms with Crippen LogP contribution >= 0.6 is 12.4 Å². The van der Waals surface area contributed by atoms with Gasteiger partial charge in [0.2, 0.25) is 0 Å². The molecule has 2 rings (SSSR count). The van der Waals surface area contributed by atoms with Crippen LogP contribution in [0.1, 0.15) is 0 Å². The quantitative estimate of drug-likeness (QED) is 0.840. The topological polar surface area (TPSA) is 75.0 Å². The summed E-state index contributed by atoms with van der Waals surface area (Å²) < 4.78 is 0. The van der Waals surface area contributed by atoms with Crippen molar-refractivity contribution in [3.63, 3.8) is 0 Å². The number of H-pyrrole nitrogens is 1. The molecule has 84 valence electrons. The van der Waals surface area contributed by atoms with Gasteiger partial charge in [-0.3, -0.25) is 5.10 Å². The third-order valence-corrected chi connectivity index (χ3v) is 1.96. The number of benzene rings is 1. The molecule has 1 heterocycles. The molecule has 0 saturated carbocycles. The van der Waals surface area contributed by atoms with Crippen LogP contribution in [0.2, 0.25) is 0 Å². The third kappa shape index (κ3) is 2.32. The summed E-state index contributed by atoms with van der Waals surface area (Å²) in [5.41, 5.74) is 6.00. The number of aromatic amines is 1. The number of nitrogens with one attached hydrogen (secondary N) is 1. The van der Waals surface area contributed by atoms with E-state index in [-0.39, 0.29) is 12.4 Å². The summed E-state index contributed by atoms with van der Waals surface area (Å²) in [7, 11) is 0. The second kappa shape index (κ2) is 5.18. The van der Waals surface area contributed by atoms with Gasteiger partial charge in [0.15, 0.2) is 0 Å². The first-order valence-corrected chi connectivity index (χ1v) is 4.43. The van der Waals surface area contributed by atoms with E-state index in [4.69, 9.17) is 5.73 Å². The smallest absolute Gasteiger partial charge is 0.325 e. The van der Waals surface area contributed by atoms with Gasteiger partial charge in [0, 0.05) is 6.07 Å². The van der Waals surface area contributed by atoms with Gasteiger partial charge >= 0.3 is 6.03 Å². The number of aromatic nitrogens is 2. The van der Waals surface area contributed by atoms with E-state index in [2.05, 4.69) is 10.2 Å². The van der Waals surface area contributed by atoms with Crippen molar-refractivity contribution in [2.24, 2.45) is 5.73 Å². The average molecular weight is 239 g/mol. The SMILES string of the molecule is Cl.NC(=O)N(c1ccccc1)c1ccn[nH]1. The highest BCUT2D eigenvalue weighted by Gasteiger charge is 2.15. The molecule has 5 nitrogen and oxygen atoms in total. The molecule has 6 heteroatoms. The van der Waals surface area contributed by atoms with E-state index in [1.807, 2.05) is 18.2 Å². The largest absolute Gasteiger partial charge is 0.351 e. The first-order chi connectivity index (χ1) is 7.29. The van der Waals surface area contributed by atoms with Gasteiger partial charge in [-0.15, -0.1) is 12.4 Å². The molecule has 0 aliphatic carbocycles. The summed E-state index contributed by atoms with van der Waals surface area (Å²) in [5.74, 6) is 0.550. The van der Waals surface area contributed by atoms with Crippen molar-refractivity contribution in [1.82, 2.24) is 10.2 Å². The van der Waals surface area contributed by atoms with E-state index < -0.39 is 6.03 Å². The number of nitrogens with two attached hydrogens (primary N) is 1. The number of nitrogens with zero attached hydrogens (tertiary/aromatic N) is 2. The Labute approximate surface area is 98.7 Å². The molecule has 0 bridgehead atoms. The van der Waals surface area contributed by atoms with Gasteiger partial charge in [0.25, 0.3) is 0 Å². The van der Waals surface area contributed by atoms with Crippen LogP contribution in [-0.4, -0.2) is 16.2 Å². The van der Waals surface area contributed by atoms with Gasteiger partial charge in [-0.2, -0.15) is 5.10 Å². The van der Waals surface area contributed by atoms with Crippen LogP contribution in [0.25, 0.3) is 0 Å². The zero-order valence-electron chi connectivity index (χ0n) is 8.33. The lowest BCUT2D eigenvalue weighted by atomic mass is 10.3. The monoisotopic (exact) mass is 238 g/mol. The van der Waals surface area contributed by atoms with Crippen molar-refractivity contribution >= 4 is 29.9 Å². The molecular formula is C10H11ClN4O. The number of rotatable bonds is 2. The lowest BCUT2D eigenvalue weighted by Crippen LogP contribution is -2.31. The van der Waals surface area contributed by atoms with E-state index >= 15 is 0 Å². The number of para-hydroxylation sites is 1. The summed E-state index contributed by atoms with van der Waals surface area (Å²) in [6.45, 7) is 0. The Balaban J connectivity index is 0.00000128. The average Bonchev–Trinajstić information content (AvgIpc) is 2.72. The molecule has 2 aromatic rings. The molecule has 1 aromatic heterocycles. The Kier molecular flexibility index (Phi) is 3.90. The number of anilines is 2. The molecule has 1 aromatic carbocycles.